The third-order valence-corrected chi connectivity index (χ3v) is 5.40. The Morgan fingerprint density at radius 1 is 1.10 bits per heavy atom. The molecule has 1 aliphatic rings. The minimum atomic E-state index is -0.554. The maximum Gasteiger partial charge on any atom is 0.248 e. The molecule has 7 nitrogen and oxygen atoms in total. The lowest BCUT2D eigenvalue weighted by molar-refractivity contribution is -0.140. The standard InChI is InChI=1S/C24H27N5O2/c1-17(2)13-23(30)29-15-19-8-4-3-7-18(19)14-21(29)24(31)26-22-10-12-28(27-22)16-20-9-5-6-11-25-20/h3-12,17,21H,13-16H2,1-2H3,(H,26,27,31). The van der Waals surface area contributed by atoms with Crippen LogP contribution in [-0.2, 0) is 29.1 Å². The first kappa shape index (κ1) is 20.8. The second-order valence-corrected chi connectivity index (χ2v) is 8.32. The third kappa shape index (κ3) is 4.99. The van der Waals surface area contributed by atoms with Crippen LogP contribution in [0.4, 0.5) is 5.82 Å². The number of amides is 2. The Labute approximate surface area is 182 Å². The number of benzene rings is 1. The van der Waals surface area contributed by atoms with Crippen LogP contribution < -0.4 is 5.32 Å². The summed E-state index contributed by atoms with van der Waals surface area (Å²) in [4.78, 5) is 32.1. The van der Waals surface area contributed by atoms with E-state index in [1.807, 2.05) is 62.5 Å². The predicted molar refractivity (Wildman–Crippen MR) is 118 cm³/mol. The Bertz CT molecular complexity index is 1060. The highest BCUT2D eigenvalue weighted by Crippen LogP contribution is 2.25. The SMILES string of the molecule is CC(C)CC(=O)N1Cc2ccccc2CC1C(=O)Nc1ccn(Cc2ccccn2)n1. The summed E-state index contributed by atoms with van der Waals surface area (Å²) in [7, 11) is 0. The van der Waals surface area contributed by atoms with Crippen molar-refractivity contribution < 1.29 is 9.59 Å². The van der Waals surface area contributed by atoms with Crippen molar-refractivity contribution in [3.63, 3.8) is 0 Å². The number of nitrogens with zero attached hydrogens (tertiary/aromatic N) is 4. The topological polar surface area (TPSA) is 80.1 Å². The number of hydrogen-bond acceptors (Lipinski definition) is 4. The number of rotatable bonds is 6. The van der Waals surface area contributed by atoms with Crippen LogP contribution in [0.5, 0.6) is 0 Å². The van der Waals surface area contributed by atoms with Gasteiger partial charge in [0.05, 0.1) is 12.2 Å². The van der Waals surface area contributed by atoms with E-state index >= 15 is 0 Å². The van der Waals surface area contributed by atoms with Gasteiger partial charge in [0.2, 0.25) is 11.8 Å². The molecule has 4 rings (SSSR count). The van der Waals surface area contributed by atoms with Gasteiger partial charge in [-0.1, -0.05) is 44.2 Å². The van der Waals surface area contributed by atoms with E-state index in [2.05, 4.69) is 15.4 Å². The van der Waals surface area contributed by atoms with Gasteiger partial charge in [-0.15, -0.1) is 0 Å². The Kier molecular flexibility index (Phi) is 6.11. The molecule has 1 aliphatic heterocycles. The van der Waals surface area contributed by atoms with Crippen LogP contribution in [0.15, 0.2) is 60.9 Å². The summed E-state index contributed by atoms with van der Waals surface area (Å²) < 4.78 is 1.73. The maximum absolute atomic E-state index is 13.2. The molecular formula is C24H27N5O2. The van der Waals surface area contributed by atoms with E-state index in [1.165, 1.54) is 0 Å². The Morgan fingerprint density at radius 3 is 2.61 bits per heavy atom. The van der Waals surface area contributed by atoms with Gasteiger partial charge in [0, 0.05) is 37.8 Å². The van der Waals surface area contributed by atoms with E-state index in [-0.39, 0.29) is 17.7 Å². The molecule has 1 atom stereocenters. The monoisotopic (exact) mass is 417 g/mol. The number of hydrogen-bond donors (Lipinski definition) is 1. The second-order valence-electron chi connectivity index (χ2n) is 8.32. The fraction of sp³-hybridized carbons (Fsp3) is 0.333. The highest BCUT2D eigenvalue weighted by molar-refractivity contribution is 5.97. The van der Waals surface area contributed by atoms with Crippen molar-refractivity contribution in [1.29, 1.82) is 0 Å². The molecule has 0 spiro atoms. The molecule has 160 valence electrons. The molecule has 0 fully saturated rings. The average Bonchev–Trinajstić information content (AvgIpc) is 3.19. The van der Waals surface area contributed by atoms with Crippen molar-refractivity contribution in [3.05, 3.63) is 77.7 Å². The quantitative estimate of drug-likeness (QED) is 0.668. The Hall–Kier alpha value is -3.48. The lowest BCUT2D eigenvalue weighted by atomic mass is 9.92. The first-order valence-corrected chi connectivity index (χ1v) is 10.6. The van der Waals surface area contributed by atoms with Crippen LogP contribution in [0.1, 0.15) is 37.1 Å². The summed E-state index contributed by atoms with van der Waals surface area (Å²) in [6.07, 6.45) is 4.47. The largest absolute Gasteiger partial charge is 0.326 e. The van der Waals surface area contributed by atoms with Crippen LogP contribution in [0.2, 0.25) is 0 Å². The Morgan fingerprint density at radius 2 is 1.87 bits per heavy atom. The number of carbonyl (C=O) groups is 2. The fourth-order valence-corrected chi connectivity index (χ4v) is 3.87. The molecule has 0 bridgehead atoms. The van der Waals surface area contributed by atoms with Crippen LogP contribution in [-0.4, -0.2) is 37.5 Å². The maximum atomic E-state index is 13.2. The number of fused-ring (bicyclic) bond motifs is 1. The molecule has 0 radical (unpaired) electrons. The highest BCUT2D eigenvalue weighted by atomic mass is 16.2. The van der Waals surface area contributed by atoms with Gasteiger partial charge in [-0.2, -0.15) is 5.10 Å². The summed E-state index contributed by atoms with van der Waals surface area (Å²) in [5, 5.41) is 7.35. The van der Waals surface area contributed by atoms with E-state index in [4.69, 9.17) is 0 Å². The first-order valence-electron chi connectivity index (χ1n) is 10.6. The summed E-state index contributed by atoms with van der Waals surface area (Å²) in [5.74, 6) is 0.492. The van der Waals surface area contributed by atoms with Gasteiger partial charge in [-0.25, -0.2) is 0 Å². The molecule has 31 heavy (non-hydrogen) atoms. The molecule has 2 amide bonds. The van der Waals surface area contributed by atoms with E-state index in [9.17, 15) is 9.59 Å². The van der Waals surface area contributed by atoms with E-state index in [1.54, 1.807) is 21.8 Å². The summed E-state index contributed by atoms with van der Waals surface area (Å²) in [6, 6.07) is 14.9. The number of carbonyl (C=O) groups excluding carboxylic acids is 2. The summed E-state index contributed by atoms with van der Waals surface area (Å²) >= 11 is 0. The lowest BCUT2D eigenvalue weighted by Gasteiger charge is -2.36. The first-order chi connectivity index (χ1) is 15.0. The zero-order valence-corrected chi connectivity index (χ0v) is 17.9. The molecule has 1 aromatic carbocycles. The van der Waals surface area contributed by atoms with E-state index in [0.717, 1.165) is 16.8 Å². The van der Waals surface area contributed by atoms with Crippen molar-refractivity contribution in [3.8, 4) is 0 Å². The smallest absolute Gasteiger partial charge is 0.248 e. The molecule has 1 unspecified atom stereocenters. The van der Waals surface area contributed by atoms with Gasteiger partial charge in [0.1, 0.15) is 6.04 Å². The highest BCUT2D eigenvalue weighted by Gasteiger charge is 2.34. The summed E-state index contributed by atoms with van der Waals surface area (Å²) in [6.45, 7) is 5.00. The van der Waals surface area contributed by atoms with Crippen LogP contribution in [0, 0.1) is 5.92 Å². The van der Waals surface area contributed by atoms with Crippen molar-refractivity contribution in [2.45, 2.75) is 45.8 Å². The number of aromatic nitrogens is 3. The van der Waals surface area contributed by atoms with Gasteiger partial charge in [-0.05, 0) is 29.2 Å². The molecule has 1 N–H and O–H groups in total. The van der Waals surface area contributed by atoms with Gasteiger partial charge in [0.25, 0.3) is 0 Å². The zero-order chi connectivity index (χ0) is 21.8. The Balaban J connectivity index is 1.49. The van der Waals surface area contributed by atoms with E-state index < -0.39 is 6.04 Å². The zero-order valence-electron chi connectivity index (χ0n) is 17.9. The molecular weight excluding hydrogens is 390 g/mol. The average molecular weight is 418 g/mol. The minimum absolute atomic E-state index is 0.00494. The molecule has 7 heteroatoms. The molecule has 2 aromatic heterocycles. The van der Waals surface area contributed by atoms with Gasteiger partial charge >= 0.3 is 0 Å². The van der Waals surface area contributed by atoms with Crippen molar-refractivity contribution in [2.24, 2.45) is 5.92 Å². The van der Waals surface area contributed by atoms with Crippen LogP contribution in [0.25, 0.3) is 0 Å². The minimum Gasteiger partial charge on any atom is -0.326 e. The van der Waals surface area contributed by atoms with Crippen molar-refractivity contribution in [2.75, 3.05) is 5.32 Å². The predicted octanol–water partition coefficient (Wildman–Crippen LogP) is 3.26. The third-order valence-electron chi connectivity index (χ3n) is 5.40. The number of pyridine rings is 1. The molecule has 0 aliphatic carbocycles. The molecule has 0 saturated heterocycles. The van der Waals surface area contributed by atoms with Gasteiger partial charge in [0.15, 0.2) is 5.82 Å². The molecule has 3 aromatic rings. The second kappa shape index (κ2) is 9.12. The van der Waals surface area contributed by atoms with Crippen molar-refractivity contribution in [1.82, 2.24) is 19.7 Å². The fourth-order valence-electron chi connectivity index (χ4n) is 3.87. The van der Waals surface area contributed by atoms with Gasteiger partial charge in [-0.3, -0.25) is 19.3 Å². The van der Waals surface area contributed by atoms with Crippen LogP contribution in [0.3, 0.4) is 0 Å². The van der Waals surface area contributed by atoms with Crippen molar-refractivity contribution >= 4 is 17.6 Å². The van der Waals surface area contributed by atoms with Crippen LogP contribution >= 0.6 is 0 Å². The normalized spacial score (nSPS) is 15.6. The number of nitrogens with one attached hydrogen (secondary N) is 1. The molecule has 3 heterocycles. The van der Waals surface area contributed by atoms with E-state index in [0.29, 0.717) is 31.7 Å². The molecule has 0 saturated carbocycles. The van der Waals surface area contributed by atoms with Gasteiger partial charge < -0.3 is 10.2 Å². The summed E-state index contributed by atoms with van der Waals surface area (Å²) in [5.41, 5.74) is 3.10. The lowest BCUT2D eigenvalue weighted by Crippen LogP contribution is -2.50. The number of anilines is 1.